The number of nitrogens with one attached hydrogen (secondary N) is 1. The zero-order valence-electron chi connectivity index (χ0n) is 11.4. The molecule has 3 atom stereocenters. The van der Waals surface area contributed by atoms with Gasteiger partial charge >= 0.3 is 5.97 Å². The minimum atomic E-state index is -1.14. The van der Waals surface area contributed by atoms with E-state index in [0.29, 0.717) is 5.69 Å². The van der Waals surface area contributed by atoms with E-state index in [2.05, 4.69) is 14.1 Å². The predicted molar refractivity (Wildman–Crippen MR) is 78.9 cm³/mol. The molecule has 0 spiro atoms. The molecule has 0 saturated carbocycles. The molecule has 2 unspecified atom stereocenters. The Morgan fingerprint density at radius 2 is 2.27 bits per heavy atom. The number of rotatable bonds is 4. The van der Waals surface area contributed by atoms with Gasteiger partial charge in [-0.3, -0.25) is 14.5 Å². The van der Waals surface area contributed by atoms with Gasteiger partial charge in [0.25, 0.3) is 5.91 Å². The number of aliphatic carboxylic acids is 1. The van der Waals surface area contributed by atoms with E-state index in [4.69, 9.17) is 5.11 Å². The molecule has 2 amide bonds. The molecule has 0 aliphatic carbocycles. The van der Waals surface area contributed by atoms with Gasteiger partial charge in [-0.1, -0.05) is 0 Å². The number of hydrogen-bond acceptors (Lipinski definition) is 7. The summed E-state index contributed by atoms with van der Waals surface area (Å²) in [5, 5.41) is 11.4. The minimum absolute atomic E-state index is 0.0181. The quantitative estimate of drug-likeness (QED) is 0.732. The van der Waals surface area contributed by atoms with Crippen molar-refractivity contribution in [2.45, 2.75) is 30.0 Å². The van der Waals surface area contributed by atoms with Gasteiger partial charge in [0, 0.05) is 5.25 Å². The molecule has 0 bridgehead atoms. The molecule has 1 saturated heterocycles. The molecule has 0 radical (unpaired) electrons. The van der Waals surface area contributed by atoms with Crippen LogP contribution < -0.4 is 5.32 Å². The van der Waals surface area contributed by atoms with Crippen molar-refractivity contribution >= 4 is 41.3 Å². The Balaban J connectivity index is 1.68. The van der Waals surface area contributed by atoms with Crippen LogP contribution in [0.3, 0.4) is 0 Å². The zero-order chi connectivity index (χ0) is 15.9. The van der Waals surface area contributed by atoms with Gasteiger partial charge in [0.1, 0.15) is 17.1 Å². The summed E-state index contributed by atoms with van der Waals surface area (Å²) in [4.78, 5) is 36.5. The van der Waals surface area contributed by atoms with Crippen LogP contribution >= 0.6 is 23.5 Å². The maximum Gasteiger partial charge on any atom is 0.352 e. The average Bonchev–Trinajstić information content (AvgIpc) is 2.96. The first-order valence-corrected chi connectivity index (χ1v) is 8.14. The van der Waals surface area contributed by atoms with E-state index in [9.17, 15) is 14.4 Å². The zero-order valence-corrected chi connectivity index (χ0v) is 13.1. The summed E-state index contributed by atoms with van der Waals surface area (Å²) < 4.78 is 7.74. The van der Waals surface area contributed by atoms with Gasteiger partial charge in [0.2, 0.25) is 5.91 Å². The van der Waals surface area contributed by atoms with Crippen molar-refractivity contribution in [1.82, 2.24) is 19.0 Å². The summed E-state index contributed by atoms with van der Waals surface area (Å²) in [5.74, 6) is -1.86. The van der Waals surface area contributed by atoms with Crippen LogP contribution in [0.4, 0.5) is 0 Å². The summed E-state index contributed by atoms with van der Waals surface area (Å²) in [6, 6.07) is -0.699. The molecule has 116 valence electrons. The Labute approximate surface area is 133 Å². The van der Waals surface area contributed by atoms with Crippen molar-refractivity contribution in [2.75, 3.05) is 0 Å². The van der Waals surface area contributed by atoms with Crippen LogP contribution in [-0.2, 0) is 20.8 Å². The first-order chi connectivity index (χ1) is 10.5. The maximum absolute atomic E-state index is 12.1. The lowest BCUT2D eigenvalue weighted by Crippen LogP contribution is -2.70. The molecular weight excluding hydrogens is 328 g/mol. The Morgan fingerprint density at radius 1 is 1.50 bits per heavy atom. The molecule has 1 aromatic rings. The molecule has 1 aromatic heterocycles. The fourth-order valence-corrected chi connectivity index (χ4v) is 4.14. The van der Waals surface area contributed by atoms with Crippen LogP contribution in [0.2, 0.25) is 0 Å². The normalized spacial score (nSPS) is 26.8. The number of β-lactam (4-membered cyclic amide) rings is 1. The lowest BCUT2D eigenvalue weighted by Gasteiger charge is -2.49. The van der Waals surface area contributed by atoms with Crippen molar-refractivity contribution in [3.63, 3.8) is 0 Å². The highest BCUT2D eigenvalue weighted by atomic mass is 32.2. The summed E-state index contributed by atoms with van der Waals surface area (Å²) in [7, 11) is 0. The number of carbonyl (C=O) groups is 3. The summed E-state index contributed by atoms with van der Waals surface area (Å²) in [6.07, 6.45) is 3.09. The molecule has 3 rings (SSSR count). The molecule has 3 heterocycles. The minimum Gasteiger partial charge on any atom is -0.477 e. The molecule has 10 heteroatoms. The fraction of sp³-hybridized carbons (Fsp3) is 0.417. The monoisotopic (exact) mass is 340 g/mol. The molecule has 2 aliphatic rings. The van der Waals surface area contributed by atoms with Crippen molar-refractivity contribution in [1.29, 1.82) is 0 Å². The second-order valence-electron chi connectivity index (χ2n) is 4.92. The van der Waals surface area contributed by atoms with Crippen LogP contribution in [0.25, 0.3) is 0 Å². The van der Waals surface area contributed by atoms with Crippen LogP contribution in [-0.4, -0.2) is 53.2 Å². The first-order valence-electron chi connectivity index (χ1n) is 6.47. The lowest BCUT2D eigenvalue weighted by molar-refractivity contribution is -0.150. The highest BCUT2D eigenvalue weighted by Gasteiger charge is 2.53. The average molecular weight is 340 g/mol. The standard InChI is InChI=1S/C12H12N4O4S2/c1-5-2-7(12(19)20)16-10(18)9(11(16)21-5)14-8(17)3-6-4-13-22-15-6/h2,4-5,9,11H,3H2,1H3,(H,14,17)(H,19,20)/t5?,9?,11-/m0/s1. The van der Waals surface area contributed by atoms with Gasteiger partial charge < -0.3 is 10.4 Å². The van der Waals surface area contributed by atoms with E-state index in [0.717, 1.165) is 11.7 Å². The highest BCUT2D eigenvalue weighted by molar-refractivity contribution is 8.00. The predicted octanol–water partition coefficient (Wildman–Crippen LogP) is -0.162. The van der Waals surface area contributed by atoms with Crippen LogP contribution in [0.15, 0.2) is 18.0 Å². The molecule has 0 aromatic carbocycles. The van der Waals surface area contributed by atoms with Gasteiger partial charge in [-0.25, -0.2) is 4.79 Å². The number of nitrogens with zero attached hydrogens (tertiary/aromatic N) is 3. The molecular formula is C12H12N4O4S2. The molecule has 2 N–H and O–H groups in total. The van der Waals surface area contributed by atoms with Crippen molar-refractivity contribution < 1.29 is 19.5 Å². The highest BCUT2D eigenvalue weighted by Crippen LogP contribution is 2.40. The number of aromatic nitrogens is 2. The van der Waals surface area contributed by atoms with E-state index in [-0.39, 0.29) is 28.6 Å². The summed E-state index contributed by atoms with van der Waals surface area (Å²) >= 11 is 2.45. The molecule has 1 fully saturated rings. The van der Waals surface area contributed by atoms with Crippen LogP contribution in [0.5, 0.6) is 0 Å². The third-order valence-corrected chi connectivity index (χ3v) is 5.18. The SMILES string of the molecule is CC1C=C(C(=O)O)N2C(=O)C(NC(=O)Cc3cnsn3)[C@@H]2S1. The number of carbonyl (C=O) groups excluding carboxylic acids is 2. The maximum atomic E-state index is 12.1. The number of hydrogen-bond donors (Lipinski definition) is 2. The van der Waals surface area contributed by atoms with Gasteiger partial charge in [-0.15, -0.1) is 11.8 Å². The summed E-state index contributed by atoms with van der Waals surface area (Å²) in [6.45, 7) is 1.85. The Kier molecular flexibility index (Phi) is 3.87. The van der Waals surface area contributed by atoms with Crippen LogP contribution in [0.1, 0.15) is 12.6 Å². The molecule has 22 heavy (non-hydrogen) atoms. The number of carboxylic acids is 1. The first kappa shape index (κ1) is 15.0. The molecule has 8 nitrogen and oxygen atoms in total. The van der Waals surface area contributed by atoms with E-state index in [1.54, 1.807) is 6.08 Å². The van der Waals surface area contributed by atoms with Crippen LogP contribution in [0, 0.1) is 0 Å². The topological polar surface area (TPSA) is 112 Å². The van der Waals surface area contributed by atoms with Gasteiger partial charge in [-0.2, -0.15) is 8.75 Å². The fourth-order valence-electron chi connectivity index (χ4n) is 2.38. The number of amides is 2. The van der Waals surface area contributed by atoms with E-state index in [1.165, 1.54) is 22.9 Å². The second-order valence-corrected chi connectivity index (χ2v) is 6.97. The van der Waals surface area contributed by atoms with Gasteiger partial charge in [-0.05, 0) is 13.0 Å². The van der Waals surface area contributed by atoms with Crippen molar-refractivity contribution in [2.24, 2.45) is 0 Å². The largest absolute Gasteiger partial charge is 0.477 e. The molecule has 2 aliphatic heterocycles. The summed E-state index contributed by atoms with van der Waals surface area (Å²) in [5.41, 5.74) is 0.525. The Hall–Kier alpha value is -1.94. The lowest BCUT2D eigenvalue weighted by atomic mass is 10.0. The Bertz CT molecular complexity index is 660. The van der Waals surface area contributed by atoms with Crippen molar-refractivity contribution in [3.8, 4) is 0 Å². The van der Waals surface area contributed by atoms with E-state index < -0.39 is 17.9 Å². The third kappa shape index (κ3) is 2.59. The van der Waals surface area contributed by atoms with E-state index >= 15 is 0 Å². The number of fused-ring (bicyclic) bond motifs is 1. The van der Waals surface area contributed by atoms with Gasteiger partial charge in [0.15, 0.2) is 0 Å². The van der Waals surface area contributed by atoms with Gasteiger partial charge in [0.05, 0.1) is 30.0 Å². The number of carboxylic acid groups (broad SMARTS) is 1. The third-order valence-electron chi connectivity index (χ3n) is 3.33. The number of thioether (sulfide) groups is 1. The van der Waals surface area contributed by atoms with Crippen molar-refractivity contribution in [3.05, 3.63) is 23.7 Å². The second kappa shape index (κ2) is 5.69. The Morgan fingerprint density at radius 3 is 2.91 bits per heavy atom. The van der Waals surface area contributed by atoms with E-state index in [1.807, 2.05) is 6.92 Å². The smallest absolute Gasteiger partial charge is 0.352 e.